The van der Waals surface area contributed by atoms with E-state index in [2.05, 4.69) is 34.6 Å². The number of carbonyl (C=O) groups excluding carboxylic acids is 1. The van der Waals surface area contributed by atoms with Crippen LogP contribution in [0.2, 0.25) is 0 Å². The largest absolute Gasteiger partial charge is 0.377 e. The van der Waals surface area contributed by atoms with Crippen molar-refractivity contribution in [3.8, 4) is 0 Å². The lowest BCUT2D eigenvalue weighted by Crippen LogP contribution is -2.82. The van der Waals surface area contributed by atoms with E-state index in [1.807, 2.05) is 4.90 Å². The monoisotopic (exact) mass is 282 g/mol. The number of nitrogens with zero attached hydrogens (tertiary/aromatic N) is 1. The van der Waals surface area contributed by atoms with Gasteiger partial charge in [0.15, 0.2) is 0 Å². The van der Waals surface area contributed by atoms with Crippen LogP contribution in [0.4, 0.5) is 0 Å². The fourth-order valence-corrected chi connectivity index (χ4v) is 4.08. The number of amides is 1. The van der Waals surface area contributed by atoms with Gasteiger partial charge in [-0.2, -0.15) is 0 Å². The third kappa shape index (κ3) is 2.00. The van der Waals surface area contributed by atoms with E-state index >= 15 is 0 Å². The van der Waals surface area contributed by atoms with Crippen molar-refractivity contribution in [2.75, 3.05) is 13.2 Å². The molecular weight excluding hydrogens is 252 g/mol. The van der Waals surface area contributed by atoms with Crippen molar-refractivity contribution < 1.29 is 9.53 Å². The van der Waals surface area contributed by atoms with Crippen LogP contribution in [-0.4, -0.2) is 41.6 Å². The van der Waals surface area contributed by atoms with Crippen molar-refractivity contribution in [2.24, 2.45) is 17.1 Å². The Balaban J connectivity index is 2.26. The Morgan fingerprint density at radius 3 is 2.65 bits per heavy atom. The molecule has 3 unspecified atom stereocenters. The zero-order valence-corrected chi connectivity index (χ0v) is 13.6. The highest BCUT2D eigenvalue weighted by molar-refractivity contribution is 5.89. The maximum absolute atomic E-state index is 13.1. The molecule has 1 saturated carbocycles. The van der Waals surface area contributed by atoms with E-state index in [0.717, 1.165) is 32.4 Å². The van der Waals surface area contributed by atoms with Gasteiger partial charge in [-0.3, -0.25) is 4.79 Å². The molecule has 2 N–H and O–H groups in total. The Labute approximate surface area is 123 Å². The van der Waals surface area contributed by atoms with Crippen LogP contribution in [0.25, 0.3) is 0 Å². The lowest BCUT2D eigenvalue weighted by molar-refractivity contribution is -0.230. The summed E-state index contributed by atoms with van der Waals surface area (Å²) in [4.78, 5) is 15.0. The molecule has 1 amide bonds. The van der Waals surface area contributed by atoms with Gasteiger partial charge in [0.25, 0.3) is 0 Å². The van der Waals surface area contributed by atoms with Gasteiger partial charge in [-0.15, -0.1) is 0 Å². The summed E-state index contributed by atoms with van der Waals surface area (Å²) in [7, 11) is 0. The molecule has 4 heteroatoms. The van der Waals surface area contributed by atoms with E-state index in [9.17, 15) is 4.79 Å². The predicted octanol–water partition coefficient (Wildman–Crippen LogP) is 2.17. The number of carbonyl (C=O) groups is 1. The fraction of sp³-hybridized carbons (Fsp3) is 0.938. The lowest BCUT2D eigenvalue weighted by atomic mass is 9.46. The summed E-state index contributed by atoms with van der Waals surface area (Å²) >= 11 is 0. The first-order valence-electron chi connectivity index (χ1n) is 8.00. The normalized spacial score (nSPS) is 35.4. The molecule has 1 aliphatic heterocycles. The second-order valence-corrected chi connectivity index (χ2v) is 7.22. The summed E-state index contributed by atoms with van der Waals surface area (Å²) in [6.45, 7) is 12.0. The summed E-state index contributed by atoms with van der Waals surface area (Å²) in [5, 5.41) is 0. The van der Waals surface area contributed by atoms with Crippen molar-refractivity contribution in [1.29, 1.82) is 0 Å². The second-order valence-electron chi connectivity index (χ2n) is 7.22. The van der Waals surface area contributed by atoms with Gasteiger partial charge in [-0.25, -0.2) is 0 Å². The molecule has 0 aromatic heterocycles. The van der Waals surface area contributed by atoms with Crippen molar-refractivity contribution in [3.05, 3.63) is 0 Å². The van der Waals surface area contributed by atoms with E-state index < -0.39 is 5.54 Å². The Hall–Kier alpha value is -0.610. The van der Waals surface area contributed by atoms with Crippen molar-refractivity contribution in [2.45, 2.75) is 71.6 Å². The van der Waals surface area contributed by atoms with E-state index in [1.165, 1.54) is 0 Å². The standard InChI is InChI=1S/C16H30N2O2/c1-6-9-18(11(2)3)14(19)16(17)12-8-7-10-20-13(12)15(16,4)5/h11-13H,6-10,17H2,1-5H3. The molecule has 1 aliphatic carbocycles. The minimum Gasteiger partial charge on any atom is -0.377 e. The highest BCUT2D eigenvalue weighted by atomic mass is 16.5. The molecule has 1 heterocycles. The van der Waals surface area contributed by atoms with Crippen LogP contribution in [0.5, 0.6) is 0 Å². The quantitative estimate of drug-likeness (QED) is 0.859. The Morgan fingerprint density at radius 1 is 1.45 bits per heavy atom. The number of nitrogens with two attached hydrogens (primary N) is 1. The van der Waals surface area contributed by atoms with Crippen molar-refractivity contribution >= 4 is 5.91 Å². The van der Waals surface area contributed by atoms with Crippen LogP contribution in [-0.2, 0) is 9.53 Å². The highest BCUT2D eigenvalue weighted by Gasteiger charge is 2.70. The average molecular weight is 282 g/mol. The number of rotatable bonds is 4. The van der Waals surface area contributed by atoms with Gasteiger partial charge in [0.2, 0.25) is 5.91 Å². The zero-order valence-electron chi connectivity index (χ0n) is 13.6. The Bertz CT molecular complexity index is 381. The molecule has 2 rings (SSSR count). The average Bonchev–Trinajstić information content (AvgIpc) is 2.42. The predicted molar refractivity (Wildman–Crippen MR) is 80.3 cm³/mol. The van der Waals surface area contributed by atoms with Gasteiger partial charge in [0.1, 0.15) is 5.54 Å². The zero-order chi connectivity index (χ0) is 15.1. The lowest BCUT2D eigenvalue weighted by Gasteiger charge is -2.66. The summed E-state index contributed by atoms with van der Waals surface area (Å²) < 4.78 is 5.89. The molecule has 1 saturated heterocycles. The highest BCUT2D eigenvalue weighted by Crippen LogP contribution is 2.58. The van der Waals surface area contributed by atoms with Gasteiger partial charge in [0.05, 0.1) is 6.10 Å². The molecule has 0 bridgehead atoms. The van der Waals surface area contributed by atoms with Crippen LogP contribution in [0.3, 0.4) is 0 Å². The second kappa shape index (κ2) is 5.30. The molecule has 2 aliphatic rings. The third-order valence-electron chi connectivity index (χ3n) is 5.39. The molecule has 0 aromatic rings. The van der Waals surface area contributed by atoms with E-state index in [0.29, 0.717) is 0 Å². The van der Waals surface area contributed by atoms with E-state index in [4.69, 9.17) is 10.5 Å². The van der Waals surface area contributed by atoms with Gasteiger partial charge in [0, 0.05) is 30.5 Å². The van der Waals surface area contributed by atoms with Gasteiger partial charge < -0.3 is 15.4 Å². The van der Waals surface area contributed by atoms with Gasteiger partial charge >= 0.3 is 0 Å². The van der Waals surface area contributed by atoms with Crippen LogP contribution < -0.4 is 5.73 Å². The third-order valence-corrected chi connectivity index (χ3v) is 5.39. The van der Waals surface area contributed by atoms with Crippen LogP contribution in [0.1, 0.15) is 53.9 Å². The van der Waals surface area contributed by atoms with Gasteiger partial charge in [-0.1, -0.05) is 20.8 Å². The molecule has 0 spiro atoms. The molecule has 20 heavy (non-hydrogen) atoms. The maximum Gasteiger partial charge on any atom is 0.243 e. The summed E-state index contributed by atoms with van der Waals surface area (Å²) in [5.41, 5.74) is 5.63. The van der Waals surface area contributed by atoms with Crippen molar-refractivity contribution in [3.63, 3.8) is 0 Å². The Kier molecular flexibility index (Phi) is 4.18. The van der Waals surface area contributed by atoms with Crippen LogP contribution in [0.15, 0.2) is 0 Å². The summed E-state index contributed by atoms with van der Waals surface area (Å²) in [5.74, 6) is 0.294. The fourth-order valence-electron chi connectivity index (χ4n) is 4.08. The smallest absolute Gasteiger partial charge is 0.243 e. The molecule has 0 aromatic carbocycles. The summed E-state index contributed by atoms with van der Waals surface area (Å²) in [6.07, 6.45) is 3.12. The van der Waals surface area contributed by atoms with E-state index in [-0.39, 0.29) is 29.4 Å². The topological polar surface area (TPSA) is 55.6 Å². The minimum atomic E-state index is -0.766. The first-order chi connectivity index (χ1) is 9.28. The number of ether oxygens (including phenoxy) is 1. The number of hydrogen-bond donors (Lipinski definition) is 1. The van der Waals surface area contributed by atoms with Crippen LogP contribution in [0, 0.1) is 11.3 Å². The molecule has 0 radical (unpaired) electrons. The minimum absolute atomic E-state index is 0.117. The Morgan fingerprint density at radius 2 is 2.10 bits per heavy atom. The molecular formula is C16H30N2O2. The summed E-state index contributed by atoms with van der Waals surface area (Å²) in [6, 6.07) is 0.197. The first kappa shape index (κ1) is 15.8. The first-order valence-corrected chi connectivity index (χ1v) is 8.00. The molecule has 116 valence electrons. The van der Waals surface area contributed by atoms with E-state index in [1.54, 1.807) is 0 Å². The molecule has 4 nitrogen and oxygen atoms in total. The van der Waals surface area contributed by atoms with Crippen LogP contribution >= 0.6 is 0 Å². The SMILES string of the molecule is CCCN(C(=O)C1(N)C2CCCOC2C1(C)C)C(C)C. The molecule has 3 atom stereocenters. The number of hydrogen-bond acceptors (Lipinski definition) is 3. The molecule has 2 fully saturated rings. The van der Waals surface area contributed by atoms with Gasteiger partial charge in [-0.05, 0) is 33.1 Å². The number of fused-ring (bicyclic) bond motifs is 1. The van der Waals surface area contributed by atoms with Crippen molar-refractivity contribution in [1.82, 2.24) is 4.90 Å². The maximum atomic E-state index is 13.1.